The zero-order chi connectivity index (χ0) is 14.9. The van der Waals surface area contributed by atoms with Crippen LogP contribution in [0.5, 0.6) is 0 Å². The summed E-state index contributed by atoms with van der Waals surface area (Å²) in [6.45, 7) is 4.55. The highest BCUT2D eigenvalue weighted by Gasteiger charge is 2.44. The zero-order valence-electron chi connectivity index (χ0n) is 11.6. The van der Waals surface area contributed by atoms with Crippen molar-refractivity contribution in [1.82, 2.24) is 4.90 Å². The lowest BCUT2D eigenvalue weighted by atomic mass is 9.93. The van der Waals surface area contributed by atoms with Crippen LogP contribution in [0.1, 0.15) is 36.9 Å². The number of carbonyl (C=O) groups excluding carboxylic acids is 1. The number of aryl methyl sites for hydroxylation is 1. The number of carbonyl (C=O) groups is 2. The third-order valence-electron chi connectivity index (χ3n) is 3.74. The molecule has 0 saturated carbocycles. The lowest BCUT2D eigenvalue weighted by molar-refractivity contribution is -0.142. The summed E-state index contributed by atoms with van der Waals surface area (Å²) < 4.78 is 0.986. The Morgan fingerprint density at radius 3 is 2.75 bits per heavy atom. The van der Waals surface area contributed by atoms with E-state index in [0.717, 1.165) is 22.0 Å². The van der Waals surface area contributed by atoms with E-state index in [0.29, 0.717) is 6.54 Å². The van der Waals surface area contributed by atoms with Gasteiger partial charge >= 0.3 is 5.97 Å². The van der Waals surface area contributed by atoms with E-state index in [9.17, 15) is 14.7 Å². The SMILES string of the molecule is CCCN1C(=O)CC(C(=O)O)C1c1ccc(Br)c(C)c1. The van der Waals surface area contributed by atoms with Gasteiger partial charge in [-0.15, -0.1) is 0 Å². The third kappa shape index (κ3) is 2.73. The Kier molecular flexibility index (Phi) is 4.48. The van der Waals surface area contributed by atoms with Crippen LogP contribution in [0.2, 0.25) is 0 Å². The van der Waals surface area contributed by atoms with Gasteiger partial charge in [-0.3, -0.25) is 9.59 Å². The first-order valence-electron chi connectivity index (χ1n) is 6.74. The Morgan fingerprint density at radius 2 is 2.20 bits per heavy atom. The molecule has 20 heavy (non-hydrogen) atoms. The molecule has 108 valence electrons. The number of carboxylic acids is 1. The summed E-state index contributed by atoms with van der Waals surface area (Å²) in [5.41, 5.74) is 1.94. The summed E-state index contributed by atoms with van der Waals surface area (Å²) in [6, 6.07) is 5.42. The smallest absolute Gasteiger partial charge is 0.309 e. The molecule has 1 N–H and O–H groups in total. The molecule has 5 heteroatoms. The minimum atomic E-state index is -0.900. The van der Waals surface area contributed by atoms with Crippen molar-refractivity contribution in [3.8, 4) is 0 Å². The third-order valence-corrected chi connectivity index (χ3v) is 4.63. The molecule has 1 aliphatic rings. The van der Waals surface area contributed by atoms with Gasteiger partial charge in [0.15, 0.2) is 0 Å². The largest absolute Gasteiger partial charge is 0.481 e. The standard InChI is InChI=1S/C15H18BrNO3/c1-3-6-17-13(18)8-11(15(19)20)14(17)10-4-5-12(16)9(2)7-10/h4-5,7,11,14H,3,6,8H2,1-2H3,(H,19,20). The lowest BCUT2D eigenvalue weighted by Gasteiger charge is -2.27. The van der Waals surface area contributed by atoms with Crippen molar-refractivity contribution in [3.63, 3.8) is 0 Å². The quantitative estimate of drug-likeness (QED) is 0.916. The molecule has 4 nitrogen and oxygen atoms in total. The van der Waals surface area contributed by atoms with Gasteiger partial charge in [-0.1, -0.05) is 35.0 Å². The molecule has 2 unspecified atom stereocenters. The molecule has 2 rings (SSSR count). The molecule has 0 bridgehead atoms. The van der Waals surface area contributed by atoms with Gasteiger partial charge in [-0.25, -0.2) is 0 Å². The first-order chi connectivity index (χ1) is 9.45. The predicted molar refractivity (Wildman–Crippen MR) is 79.4 cm³/mol. The number of benzene rings is 1. The van der Waals surface area contributed by atoms with Crippen molar-refractivity contribution in [2.24, 2.45) is 5.92 Å². The molecule has 1 fully saturated rings. The molecule has 0 aliphatic carbocycles. The predicted octanol–water partition coefficient (Wildman–Crippen LogP) is 3.14. The number of amides is 1. The highest BCUT2D eigenvalue weighted by atomic mass is 79.9. The fourth-order valence-corrected chi connectivity index (χ4v) is 3.03. The molecule has 0 spiro atoms. The first kappa shape index (κ1) is 15.0. The molecule has 0 aromatic heterocycles. The van der Waals surface area contributed by atoms with E-state index in [1.165, 1.54) is 0 Å². The molecular formula is C15H18BrNO3. The fraction of sp³-hybridized carbons (Fsp3) is 0.467. The van der Waals surface area contributed by atoms with Crippen LogP contribution in [-0.4, -0.2) is 28.4 Å². The average molecular weight is 340 g/mol. The van der Waals surface area contributed by atoms with Crippen LogP contribution in [0, 0.1) is 12.8 Å². The lowest BCUT2D eigenvalue weighted by Crippen LogP contribution is -2.31. The van der Waals surface area contributed by atoms with Gasteiger partial charge in [-0.2, -0.15) is 0 Å². The average Bonchev–Trinajstić information content (AvgIpc) is 2.71. The second kappa shape index (κ2) is 5.95. The van der Waals surface area contributed by atoms with Crippen LogP contribution < -0.4 is 0 Å². The van der Waals surface area contributed by atoms with Crippen molar-refractivity contribution < 1.29 is 14.7 Å². The number of halogens is 1. The van der Waals surface area contributed by atoms with E-state index in [-0.39, 0.29) is 18.4 Å². The second-order valence-electron chi connectivity index (χ2n) is 5.19. The normalized spacial score (nSPS) is 22.4. The number of hydrogen-bond acceptors (Lipinski definition) is 2. The molecule has 1 saturated heterocycles. The number of aliphatic carboxylic acids is 1. The summed E-state index contributed by atoms with van der Waals surface area (Å²) in [5, 5.41) is 9.38. The van der Waals surface area contributed by atoms with Gasteiger partial charge in [0.2, 0.25) is 5.91 Å². The Labute approximate surface area is 126 Å². The summed E-state index contributed by atoms with van der Waals surface area (Å²) in [7, 11) is 0. The molecule has 1 amide bonds. The topological polar surface area (TPSA) is 57.6 Å². The van der Waals surface area contributed by atoms with E-state index in [4.69, 9.17) is 0 Å². The van der Waals surface area contributed by atoms with Gasteiger partial charge in [0.05, 0.1) is 12.0 Å². The minimum absolute atomic E-state index is 0.0650. The van der Waals surface area contributed by atoms with E-state index >= 15 is 0 Å². The van der Waals surface area contributed by atoms with E-state index in [1.54, 1.807) is 4.90 Å². The maximum absolute atomic E-state index is 12.1. The summed E-state index contributed by atoms with van der Waals surface area (Å²) in [5.74, 6) is -1.62. The van der Waals surface area contributed by atoms with Crippen LogP contribution in [0.3, 0.4) is 0 Å². The van der Waals surface area contributed by atoms with Crippen LogP contribution in [-0.2, 0) is 9.59 Å². The van der Waals surface area contributed by atoms with Gasteiger partial charge in [0.25, 0.3) is 0 Å². The minimum Gasteiger partial charge on any atom is -0.481 e. The Balaban J connectivity index is 2.43. The molecule has 1 heterocycles. The molecule has 0 radical (unpaired) electrons. The Hall–Kier alpha value is -1.36. The number of carboxylic acid groups (broad SMARTS) is 1. The maximum Gasteiger partial charge on any atom is 0.309 e. The highest BCUT2D eigenvalue weighted by Crippen LogP contribution is 2.39. The van der Waals surface area contributed by atoms with Crippen LogP contribution in [0.15, 0.2) is 22.7 Å². The van der Waals surface area contributed by atoms with E-state index in [2.05, 4.69) is 15.9 Å². The van der Waals surface area contributed by atoms with Crippen LogP contribution >= 0.6 is 15.9 Å². The summed E-state index contributed by atoms with van der Waals surface area (Å²) in [4.78, 5) is 25.2. The van der Waals surface area contributed by atoms with E-state index in [1.807, 2.05) is 32.0 Å². The highest BCUT2D eigenvalue weighted by molar-refractivity contribution is 9.10. The van der Waals surface area contributed by atoms with Crippen molar-refractivity contribution in [1.29, 1.82) is 0 Å². The maximum atomic E-state index is 12.1. The fourth-order valence-electron chi connectivity index (χ4n) is 2.78. The second-order valence-corrected chi connectivity index (χ2v) is 6.04. The van der Waals surface area contributed by atoms with Gasteiger partial charge in [-0.05, 0) is 30.5 Å². The van der Waals surface area contributed by atoms with Crippen LogP contribution in [0.25, 0.3) is 0 Å². The van der Waals surface area contributed by atoms with Gasteiger partial charge < -0.3 is 10.0 Å². The zero-order valence-corrected chi connectivity index (χ0v) is 13.2. The number of nitrogens with zero attached hydrogens (tertiary/aromatic N) is 1. The molecule has 1 aromatic carbocycles. The first-order valence-corrected chi connectivity index (χ1v) is 7.53. The molecule has 2 atom stereocenters. The number of rotatable bonds is 4. The molecule has 1 aromatic rings. The summed E-state index contributed by atoms with van der Waals surface area (Å²) >= 11 is 3.44. The number of hydrogen-bond donors (Lipinski definition) is 1. The van der Waals surface area contributed by atoms with Gasteiger partial charge in [0.1, 0.15) is 0 Å². The Morgan fingerprint density at radius 1 is 1.50 bits per heavy atom. The Bertz CT molecular complexity index is 544. The monoisotopic (exact) mass is 339 g/mol. The van der Waals surface area contributed by atoms with E-state index < -0.39 is 11.9 Å². The van der Waals surface area contributed by atoms with Crippen molar-refractivity contribution in [2.75, 3.05) is 6.54 Å². The summed E-state index contributed by atoms with van der Waals surface area (Å²) in [6.07, 6.45) is 0.916. The molecular weight excluding hydrogens is 322 g/mol. The molecule has 1 aliphatic heterocycles. The van der Waals surface area contributed by atoms with Crippen molar-refractivity contribution in [3.05, 3.63) is 33.8 Å². The van der Waals surface area contributed by atoms with Crippen molar-refractivity contribution in [2.45, 2.75) is 32.7 Å². The van der Waals surface area contributed by atoms with Crippen LogP contribution in [0.4, 0.5) is 0 Å². The van der Waals surface area contributed by atoms with Gasteiger partial charge in [0, 0.05) is 17.4 Å². The number of likely N-dealkylation sites (tertiary alicyclic amines) is 1. The van der Waals surface area contributed by atoms with Crippen molar-refractivity contribution >= 4 is 27.8 Å².